The fraction of sp³-hybridized carbons (Fsp3) is 0.410. The number of nitrogens with one attached hydrogen (secondary N) is 3. The number of amides is 5. The van der Waals surface area contributed by atoms with Gasteiger partial charge in [-0.05, 0) is 62.4 Å². The molecule has 4 rings (SSSR count). The third-order valence-electron chi connectivity index (χ3n) is 8.78. The van der Waals surface area contributed by atoms with E-state index in [9.17, 15) is 49.0 Å². The first-order valence-electron chi connectivity index (χ1n) is 18.9. The van der Waals surface area contributed by atoms with Gasteiger partial charge in [-0.3, -0.25) is 39.0 Å². The van der Waals surface area contributed by atoms with Crippen molar-refractivity contribution in [1.29, 1.82) is 0 Å². The fourth-order valence-corrected chi connectivity index (χ4v) is 5.29. The zero-order valence-corrected chi connectivity index (χ0v) is 34.5. The van der Waals surface area contributed by atoms with Gasteiger partial charge in [-0.1, -0.05) is 11.1 Å². The van der Waals surface area contributed by atoms with Crippen LogP contribution in [0.5, 0.6) is 11.5 Å². The number of nitro groups is 2. The number of hydrogen-bond donors (Lipinski definition) is 3. The fourth-order valence-electron chi connectivity index (χ4n) is 5.29. The first kappa shape index (κ1) is 47.4. The number of rotatable bonds is 23. The van der Waals surface area contributed by atoms with Crippen molar-refractivity contribution in [1.82, 2.24) is 25.1 Å². The molecule has 0 fully saturated rings. The van der Waals surface area contributed by atoms with E-state index in [0.29, 0.717) is 11.3 Å². The maximum Gasteiger partial charge on any atom is 0.514 e. The molecule has 3 N–H and O–H groups in total. The van der Waals surface area contributed by atoms with E-state index in [1.54, 1.807) is 27.7 Å². The third kappa shape index (κ3) is 14.8. The molecule has 0 radical (unpaired) electrons. The van der Waals surface area contributed by atoms with E-state index in [1.807, 2.05) is 0 Å². The summed E-state index contributed by atoms with van der Waals surface area (Å²) in [5.74, 6) is -2.74. The summed E-state index contributed by atoms with van der Waals surface area (Å²) in [4.78, 5) is 99.3. The lowest BCUT2D eigenvalue weighted by molar-refractivity contribution is -0.396. The third-order valence-corrected chi connectivity index (χ3v) is 8.78. The van der Waals surface area contributed by atoms with Crippen molar-refractivity contribution in [3.05, 3.63) is 92.3 Å². The normalized spacial score (nSPS) is 12.5. The second-order valence-corrected chi connectivity index (χ2v) is 14.8. The molecule has 2 heterocycles. The monoisotopic (exact) mass is 866 g/mol. The summed E-state index contributed by atoms with van der Waals surface area (Å²) in [5, 5.41) is 30.0. The van der Waals surface area contributed by atoms with Crippen LogP contribution in [0, 0.1) is 20.2 Å². The van der Waals surface area contributed by atoms with Crippen LogP contribution < -0.4 is 25.4 Å². The van der Waals surface area contributed by atoms with Gasteiger partial charge in [0.2, 0.25) is 17.7 Å². The molecule has 0 saturated carbocycles. The Labute approximate surface area is 353 Å². The lowest BCUT2D eigenvalue weighted by Gasteiger charge is -2.32. The van der Waals surface area contributed by atoms with Gasteiger partial charge in [0.15, 0.2) is 5.69 Å². The number of carbonyl (C=O) groups excluding carboxylic acids is 6. The van der Waals surface area contributed by atoms with Crippen molar-refractivity contribution >= 4 is 53.0 Å². The molecule has 3 aromatic rings. The number of hydrogen-bond acceptors (Lipinski definition) is 16. The van der Waals surface area contributed by atoms with Crippen molar-refractivity contribution in [3.8, 4) is 11.5 Å². The molecule has 0 saturated heterocycles. The van der Waals surface area contributed by atoms with Crippen LogP contribution >= 0.6 is 0 Å². The molecule has 2 aromatic carbocycles. The molecule has 0 atom stereocenters. The Kier molecular flexibility index (Phi) is 16.3. The number of nitro benzene ring substituents is 1. The quantitative estimate of drug-likeness (QED) is 0.0406. The van der Waals surface area contributed by atoms with Gasteiger partial charge in [-0.15, -0.1) is 0 Å². The standard InChI is InChI=1S/C39H46N8O15/c1-38(2,23-42-31(48)14-16-45-34(51)12-13-35(45)52)61-24-39(3,4)60-17-15-32(49)40-20-33(50)43-29-18-25(21-59-37(53)62-28-9-7-26(8-10-28)46(54)55)6-11-30(29)58-22-27-19-41-36(44(27)5)47(56)57/h6-13,18-19H,14-17,20-24H2,1-5H3,(H,40,49)(H,42,48)(H,43,50). The molecule has 62 heavy (non-hydrogen) atoms. The van der Waals surface area contributed by atoms with Crippen molar-refractivity contribution in [3.63, 3.8) is 0 Å². The molecular weight excluding hydrogens is 820 g/mol. The second-order valence-electron chi connectivity index (χ2n) is 14.8. The number of imidazole rings is 1. The average Bonchev–Trinajstić information content (AvgIpc) is 3.75. The van der Waals surface area contributed by atoms with Crippen LogP contribution in [0.1, 0.15) is 51.8 Å². The first-order chi connectivity index (χ1) is 29.2. The summed E-state index contributed by atoms with van der Waals surface area (Å²) in [7, 11) is 1.44. The number of anilines is 1. The zero-order valence-electron chi connectivity index (χ0n) is 34.5. The van der Waals surface area contributed by atoms with Crippen molar-refractivity contribution < 1.29 is 62.3 Å². The number of benzene rings is 2. The minimum absolute atomic E-state index is 0.00314. The Morgan fingerprint density at radius 1 is 0.823 bits per heavy atom. The Morgan fingerprint density at radius 2 is 1.50 bits per heavy atom. The minimum Gasteiger partial charge on any atom is -0.484 e. The summed E-state index contributed by atoms with van der Waals surface area (Å²) in [6.07, 6.45) is 2.27. The van der Waals surface area contributed by atoms with Gasteiger partial charge in [0.25, 0.3) is 17.5 Å². The molecule has 23 nitrogen and oxygen atoms in total. The Balaban J connectivity index is 1.24. The second kappa shape index (κ2) is 21.3. The molecule has 23 heteroatoms. The van der Waals surface area contributed by atoms with Gasteiger partial charge in [0.05, 0.1) is 48.6 Å². The highest BCUT2D eigenvalue weighted by Gasteiger charge is 2.28. The highest BCUT2D eigenvalue weighted by Crippen LogP contribution is 2.28. The van der Waals surface area contributed by atoms with E-state index in [-0.39, 0.29) is 81.1 Å². The largest absolute Gasteiger partial charge is 0.514 e. The van der Waals surface area contributed by atoms with E-state index in [2.05, 4.69) is 20.9 Å². The maximum absolute atomic E-state index is 13.0. The molecular formula is C39H46N8O15. The van der Waals surface area contributed by atoms with Gasteiger partial charge in [-0.2, -0.15) is 0 Å². The number of ether oxygens (including phenoxy) is 5. The van der Waals surface area contributed by atoms with Gasteiger partial charge < -0.3 is 49.7 Å². The van der Waals surface area contributed by atoms with Crippen LogP contribution in [0.3, 0.4) is 0 Å². The average molecular weight is 867 g/mol. The summed E-state index contributed by atoms with van der Waals surface area (Å²) >= 11 is 0. The maximum atomic E-state index is 13.0. The number of non-ortho nitro benzene ring substituents is 1. The summed E-state index contributed by atoms with van der Waals surface area (Å²) in [6, 6.07) is 9.18. The predicted molar refractivity (Wildman–Crippen MR) is 214 cm³/mol. The lowest BCUT2D eigenvalue weighted by atomic mass is 10.1. The SMILES string of the molecule is Cn1c(COc2ccc(COC(=O)Oc3ccc([N+](=O)[O-])cc3)cc2NC(=O)CNC(=O)CCOC(C)(C)COC(C)(C)CNC(=O)CCN2C(=O)C=CC2=O)cnc1[N+](=O)[O-]. The van der Waals surface area contributed by atoms with Crippen LogP contribution in [0.25, 0.3) is 0 Å². The number of imide groups is 1. The molecule has 0 unspecified atom stereocenters. The number of nitrogens with zero attached hydrogens (tertiary/aromatic N) is 5. The minimum atomic E-state index is -1.11. The highest BCUT2D eigenvalue weighted by atomic mass is 16.7. The van der Waals surface area contributed by atoms with Crippen molar-refractivity contribution in [2.45, 2.75) is 65.0 Å². The molecule has 0 bridgehead atoms. The number of carbonyl (C=O) groups is 6. The summed E-state index contributed by atoms with van der Waals surface area (Å²) in [6.45, 7) is 6.21. The van der Waals surface area contributed by atoms with E-state index in [1.165, 1.54) is 48.1 Å². The Morgan fingerprint density at radius 3 is 2.15 bits per heavy atom. The van der Waals surface area contributed by atoms with E-state index >= 15 is 0 Å². The molecule has 332 valence electrons. The Hall–Kier alpha value is -7.27. The van der Waals surface area contributed by atoms with Crippen molar-refractivity contribution in [2.24, 2.45) is 7.05 Å². The van der Waals surface area contributed by atoms with Gasteiger partial charge in [0.1, 0.15) is 30.9 Å². The molecule has 1 aromatic heterocycles. The van der Waals surface area contributed by atoms with Crippen LogP contribution in [0.4, 0.5) is 22.1 Å². The van der Waals surface area contributed by atoms with Gasteiger partial charge in [0, 0.05) is 50.2 Å². The van der Waals surface area contributed by atoms with Crippen LogP contribution in [0.2, 0.25) is 0 Å². The van der Waals surface area contributed by atoms with E-state index < -0.39 is 63.3 Å². The van der Waals surface area contributed by atoms with Crippen molar-refractivity contribution in [2.75, 3.05) is 38.2 Å². The molecule has 0 spiro atoms. The molecule has 1 aliphatic rings. The Bertz CT molecular complexity index is 2180. The van der Waals surface area contributed by atoms with Crippen LogP contribution in [0.15, 0.2) is 60.8 Å². The van der Waals surface area contributed by atoms with Crippen LogP contribution in [-0.2, 0) is 58.4 Å². The smallest absolute Gasteiger partial charge is 0.484 e. The molecule has 1 aliphatic heterocycles. The summed E-state index contributed by atoms with van der Waals surface area (Å²) < 4.78 is 29.1. The topological polar surface area (TPSA) is 292 Å². The lowest BCUT2D eigenvalue weighted by Crippen LogP contribution is -2.45. The predicted octanol–water partition coefficient (Wildman–Crippen LogP) is 3.00. The van der Waals surface area contributed by atoms with Gasteiger partial charge >= 0.3 is 12.1 Å². The van der Waals surface area contributed by atoms with Crippen LogP contribution in [-0.4, -0.2) is 104 Å². The zero-order chi connectivity index (χ0) is 45.6. The van der Waals surface area contributed by atoms with E-state index in [0.717, 1.165) is 29.2 Å². The molecule has 0 aliphatic carbocycles. The first-order valence-corrected chi connectivity index (χ1v) is 18.9. The number of aromatic nitrogens is 2. The van der Waals surface area contributed by atoms with E-state index in [4.69, 9.17) is 23.7 Å². The highest BCUT2D eigenvalue weighted by molar-refractivity contribution is 6.13. The van der Waals surface area contributed by atoms with Gasteiger partial charge in [-0.25, -0.2) is 9.36 Å². The molecule has 5 amide bonds. The summed E-state index contributed by atoms with van der Waals surface area (Å²) in [5.41, 5.74) is -1.06.